The second-order valence-corrected chi connectivity index (χ2v) is 9.53. The molecule has 1 aromatic heterocycles. The molecule has 1 atom stereocenters. The number of allylic oxidation sites excluding steroid dienone is 1. The molecule has 5 nitrogen and oxygen atoms in total. The highest BCUT2D eigenvalue weighted by Gasteiger charge is 2.41. The number of alkyl halides is 6. The minimum absolute atomic E-state index is 0.0229. The van der Waals surface area contributed by atoms with Gasteiger partial charge in [0.2, 0.25) is 5.95 Å². The van der Waals surface area contributed by atoms with Gasteiger partial charge in [0.25, 0.3) is 5.91 Å². The Morgan fingerprint density at radius 2 is 1.60 bits per heavy atom. The van der Waals surface area contributed by atoms with E-state index in [1.54, 1.807) is 0 Å². The first-order chi connectivity index (χ1) is 18.5. The van der Waals surface area contributed by atoms with Crippen LogP contribution in [0.2, 0.25) is 15.1 Å². The minimum atomic E-state index is -5.17. The van der Waals surface area contributed by atoms with Gasteiger partial charge in [0, 0.05) is 25.0 Å². The summed E-state index contributed by atoms with van der Waals surface area (Å²) < 4.78 is 98.1. The zero-order chi connectivity index (χ0) is 30.0. The quantitative estimate of drug-likeness (QED) is 0.162. The van der Waals surface area contributed by atoms with E-state index in [0.717, 1.165) is 28.8 Å². The number of amides is 1. The number of aromatic nitrogens is 2. The standard InChI is InChI=1S/C25H18Cl3F7N4O/c1-3-12-10-36-23(37-11-12)39(2)38-22(40)15-5-4-13(6-17(15)25(33,34)35)20(29)9-16(24(30,31)32)14-7-18(26)21(28)19(27)8-14/h4-11,16H,3H2,1-2H3,(H,38,40). The maximum atomic E-state index is 15.1. The average Bonchev–Trinajstić information content (AvgIpc) is 2.88. The molecule has 1 amide bonds. The van der Waals surface area contributed by atoms with Crippen molar-refractivity contribution in [1.82, 2.24) is 15.4 Å². The third-order valence-corrected chi connectivity index (χ3v) is 6.74. The van der Waals surface area contributed by atoms with Crippen molar-refractivity contribution in [2.45, 2.75) is 31.6 Å². The fraction of sp³-hybridized carbons (Fsp3) is 0.240. The molecule has 1 N–H and O–H groups in total. The van der Waals surface area contributed by atoms with Gasteiger partial charge in [-0.1, -0.05) is 47.8 Å². The lowest BCUT2D eigenvalue weighted by Gasteiger charge is -2.20. The van der Waals surface area contributed by atoms with E-state index >= 15 is 4.39 Å². The maximum absolute atomic E-state index is 15.1. The monoisotopic (exact) mass is 628 g/mol. The molecule has 0 saturated heterocycles. The number of hydrazine groups is 1. The number of aryl methyl sites for hydroxylation is 1. The first-order valence-corrected chi connectivity index (χ1v) is 12.3. The molecule has 0 fully saturated rings. The molecular weight excluding hydrogens is 612 g/mol. The van der Waals surface area contributed by atoms with Crippen LogP contribution in [0.1, 0.15) is 45.5 Å². The highest BCUT2D eigenvalue weighted by molar-refractivity contribution is 6.48. The molecule has 1 unspecified atom stereocenters. The Morgan fingerprint density at radius 1 is 1.02 bits per heavy atom. The van der Waals surface area contributed by atoms with Crippen molar-refractivity contribution in [2.24, 2.45) is 0 Å². The van der Waals surface area contributed by atoms with Crippen LogP contribution in [-0.4, -0.2) is 29.1 Å². The number of hydrogen-bond acceptors (Lipinski definition) is 4. The van der Waals surface area contributed by atoms with Crippen LogP contribution in [0.5, 0.6) is 0 Å². The first kappa shape index (κ1) is 31.4. The Labute approximate surface area is 238 Å². The van der Waals surface area contributed by atoms with Crippen molar-refractivity contribution in [3.8, 4) is 0 Å². The molecule has 0 spiro atoms. The number of hydrogen-bond donors (Lipinski definition) is 1. The minimum Gasteiger partial charge on any atom is -0.267 e. The number of nitrogens with one attached hydrogen (secondary N) is 1. The van der Waals surface area contributed by atoms with Gasteiger partial charge in [-0.3, -0.25) is 15.2 Å². The van der Waals surface area contributed by atoms with E-state index in [1.165, 1.54) is 19.4 Å². The zero-order valence-electron chi connectivity index (χ0n) is 20.4. The molecule has 1 heterocycles. The molecule has 214 valence electrons. The Kier molecular flexibility index (Phi) is 9.58. The molecule has 3 rings (SSSR count). The summed E-state index contributed by atoms with van der Waals surface area (Å²) in [6, 6.07) is 3.28. The predicted molar refractivity (Wildman–Crippen MR) is 138 cm³/mol. The van der Waals surface area contributed by atoms with E-state index in [2.05, 4.69) is 15.4 Å². The van der Waals surface area contributed by atoms with Crippen molar-refractivity contribution < 1.29 is 35.5 Å². The van der Waals surface area contributed by atoms with Crippen LogP contribution >= 0.6 is 34.8 Å². The molecule has 40 heavy (non-hydrogen) atoms. The summed E-state index contributed by atoms with van der Waals surface area (Å²) in [5.74, 6) is -5.54. The van der Waals surface area contributed by atoms with Crippen molar-refractivity contribution in [1.29, 1.82) is 0 Å². The summed E-state index contributed by atoms with van der Waals surface area (Å²) in [6.45, 7) is 1.86. The Balaban J connectivity index is 1.98. The Bertz CT molecular complexity index is 1400. The lowest BCUT2D eigenvalue weighted by molar-refractivity contribution is -0.140. The number of anilines is 1. The Hall–Kier alpha value is -3.09. The van der Waals surface area contributed by atoms with Crippen molar-refractivity contribution in [3.63, 3.8) is 0 Å². The highest BCUT2D eigenvalue weighted by atomic mass is 35.5. The molecule has 0 aliphatic heterocycles. The molecule has 0 radical (unpaired) electrons. The van der Waals surface area contributed by atoms with Crippen LogP contribution < -0.4 is 10.4 Å². The topological polar surface area (TPSA) is 58.1 Å². The molecular formula is C25H18Cl3F7N4O. The van der Waals surface area contributed by atoms with Gasteiger partial charge < -0.3 is 0 Å². The molecule has 15 heteroatoms. The van der Waals surface area contributed by atoms with Gasteiger partial charge in [-0.05, 0) is 47.9 Å². The van der Waals surface area contributed by atoms with Crippen molar-refractivity contribution >= 4 is 52.5 Å². The first-order valence-electron chi connectivity index (χ1n) is 11.2. The van der Waals surface area contributed by atoms with Crippen LogP contribution in [0.15, 0.2) is 48.8 Å². The van der Waals surface area contributed by atoms with Gasteiger partial charge in [-0.2, -0.15) is 26.3 Å². The molecule has 0 aliphatic carbocycles. The summed E-state index contributed by atoms with van der Waals surface area (Å²) in [5, 5.41) is 0.0840. The number of benzene rings is 2. The van der Waals surface area contributed by atoms with E-state index in [4.69, 9.17) is 34.8 Å². The predicted octanol–water partition coefficient (Wildman–Crippen LogP) is 8.46. The lowest BCUT2D eigenvalue weighted by atomic mass is 9.95. The van der Waals surface area contributed by atoms with Crippen LogP contribution in [-0.2, 0) is 12.6 Å². The number of nitrogens with zero attached hydrogens (tertiary/aromatic N) is 3. The lowest BCUT2D eigenvalue weighted by Crippen LogP contribution is -2.41. The van der Waals surface area contributed by atoms with E-state index in [0.29, 0.717) is 12.5 Å². The number of carbonyl (C=O) groups is 1. The molecule has 3 aromatic rings. The maximum Gasteiger partial charge on any atom is 0.417 e. The summed E-state index contributed by atoms with van der Waals surface area (Å²) in [7, 11) is 1.29. The number of carbonyl (C=O) groups excluding carboxylic acids is 1. The molecule has 0 saturated carbocycles. The summed E-state index contributed by atoms with van der Waals surface area (Å²) in [4.78, 5) is 20.7. The smallest absolute Gasteiger partial charge is 0.267 e. The van der Waals surface area contributed by atoms with Crippen molar-refractivity contribution in [3.05, 3.63) is 91.7 Å². The van der Waals surface area contributed by atoms with Crippen LogP contribution in [0, 0.1) is 0 Å². The van der Waals surface area contributed by atoms with E-state index in [-0.39, 0.29) is 33.2 Å². The van der Waals surface area contributed by atoms with Crippen LogP contribution in [0.3, 0.4) is 0 Å². The third kappa shape index (κ3) is 7.35. The van der Waals surface area contributed by atoms with Crippen molar-refractivity contribution in [2.75, 3.05) is 12.1 Å². The van der Waals surface area contributed by atoms with Crippen LogP contribution in [0.25, 0.3) is 5.83 Å². The second-order valence-electron chi connectivity index (χ2n) is 8.34. The number of rotatable bonds is 7. The van der Waals surface area contributed by atoms with Gasteiger partial charge in [-0.15, -0.1) is 0 Å². The largest absolute Gasteiger partial charge is 0.417 e. The summed E-state index contributed by atoms with van der Waals surface area (Å²) >= 11 is 17.4. The molecule has 2 aromatic carbocycles. The Morgan fingerprint density at radius 3 is 2.10 bits per heavy atom. The average molecular weight is 630 g/mol. The summed E-state index contributed by atoms with van der Waals surface area (Å²) in [6.07, 6.45) is -6.59. The van der Waals surface area contributed by atoms with Gasteiger partial charge in [0.15, 0.2) is 0 Å². The second kappa shape index (κ2) is 12.2. The van der Waals surface area contributed by atoms with E-state index in [1.807, 2.05) is 6.92 Å². The SMILES string of the molecule is CCc1cnc(N(C)NC(=O)c2ccc(C(F)=CC(c3cc(Cl)c(Cl)c(Cl)c3)C(F)(F)F)cc2C(F)(F)F)nc1. The van der Waals surface area contributed by atoms with Gasteiger partial charge in [0.05, 0.1) is 26.2 Å². The van der Waals surface area contributed by atoms with E-state index < -0.39 is 52.3 Å². The fourth-order valence-corrected chi connectivity index (χ4v) is 4.08. The zero-order valence-corrected chi connectivity index (χ0v) is 22.7. The summed E-state index contributed by atoms with van der Waals surface area (Å²) in [5.41, 5.74) is -0.978. The highest BCUT2D eigenvalue weighted by Crippen LogP contribution is 2.42. The molecule has 0 bridgehead atoms. The van der Waals surface area contributed by atoms with Gasteiger partial charge in [-0.25, -0.2) is 14.4 Å². The van der Waals surface area contributed by atoms with E-state index in [9.17, 15) is 31.1 Å². The number of halogens is 10. The fourth-order valence-electron chi connectivity index (χ4n) is 3.47. The van der Waals surface area contributed by atoms with Gasteiger partial charge in [0.1, 0.15) is 11.7 Å². The molecule has 0 aliphatic rings. The normalized spacial score (nSPS) is 13.2. The van der Waals surface area contributed by atoms with Crippen LogP contribution in [0.4, 0.5) is 36.7 Å². The van der Waals surface area contributed by atoms with Gasteiger partial charge >= 0.3 is 12.4 Å². The third-order valence-electron chi connectivity index (χ3n) is 5.55.